The minimum absolute atomic E-state index is 0.0564. The summed E-state index contributed by atoms with van der Waals surface area (Å²) in [5, 5.41) is 11.9. The number of halogens is 1. The third-order valence-electron chi connectivity index (χ3n) is 3.65. The van der Waals surface area contributed by atoms with Crippen LogP contribution in [0, 0.1) is 5.82 Å². The van der Waals surface area contributed by atoms with E-state index in [0.29, 0.717) is 19.4 Å². The molecule has 3 nitrogen and oxygen atoms in total. The molecule has 0 fully saturated rings. The van der Waals surface area contributed by atoms with Crippen molar-refractivity contribution in [3.8, 4) is 0 Å². The van der Waals surface area contributed by atoms with E-state index in [2.05, 4.69) is 5.32 Å². The number of nitrogens with one attached hydrogen (secondary N) is 1. The SMILES string of the molecule is O=C(NCCC(CCO)c1ccccc1)c1ccccc1F. The lowest BCUT2D eigenvalue weighted by Gasteiger charge is -2.16. The van der Waals surface area contributed by atoms with Crippen molar-refractivity contribution in [2.24, 2.45) is 0 Å². The average Bonchev–Trinajstić information content (AvgIpc) is 2.55. The number of aliphatic hydroxyl groups is 1. The minimum atomic E-state index is -0.519. The molecule has 22 heavy (non-hydrogen) atoms. The maximum Gasteiger partial charge on any atom is 0.254 e. The highest BCUT2D eigenvalue weighted by atomic mass is 19.1. The second-order valence-electron chi connectivity index (χ2n) is 5.14. The fraction of sp³-hybridized carbons (Fsp3) is 0.278. The molecule has 0 radical (unpaired) electrons. The molecule has 0 saturated carbocycles. The van der Waals surface area contributed by atoms with E-state index in [-0.39, 0.29) is 18.1 Å². The second-order valence-corrected chi connectivity index (χ2v) is 5.14. The van der Waals surface area contributed by atoms with Gasteiger partial charge in [0.2, 0.25) is 0 Å². The molecule has 116 valence electrons. The third-order valence-corrected chi connectivity index (χ3v) is 3.65. The molecule has 2 N–H and O–H groups in total. The summed E-state index contributed by atoms with van der Waals surface area (Å²) in [4.78, 5) is 11.9. The summed E-state index contributed by atoms with van der Waals surface area (Å²) in [5.74, 6) is -0.754. The molecular formula is C18H20FNO2. The largest absolute Gasteiger partial charge is 0.396 e. The van der Waals surface area contributed by atoms with E-state index in [0.717, 1.165) is 5.56 Å². The van der Waals surface area contributed by atoms with Gasteiger partial charge in [-0.3, -0.25) is 4.79 Å². The highest BCUT2D eigenvalue weighted by Gasteiger charge is 2.13. The van der Waals surface area contributed by atoms with E-state index < -0.39 is 11.7 Å². The monoisotopic (exact) mass is 301 g/mol. The Labute approximate surface area is 129 Å². The molecule has 0 aromatic heterocycles. The number of rotatable bonds is 7. The van der Waals surface area contributed by atoms with Crippen molar-refractivity contribution in [2.75, 3.05) is 13.2 Å². The van der Waals surface area contributed by atoms with Gasteiger partial charge in [0.25, 0.3) is 5.91 Å². The molecule has 0 saturated heterocycles. The van der Waals surface area contributed by atoms with Crippen LogP contribution < -0.4 is 5.32 Å². The van der Waals surface area contributed by atoms with Gasteiger partial charge in [0.1, 0.15) is 5.82 Å². The Hall–Kier alpha value is -2.20. The number of hydrogen-bond acceptors (Lipinski definition) is 2. The van der Waals surface area contributed by atoms with E-state index in [4.69, 9.17) is 0 Å². The molecule has 4 heteroatoms. The standard InChI is InChI=1S/C18H20FNO2/c19-17-9-5-4-8-16(17)18(22)20-12-10-15(11-13-21)14-6-2-1-3-7-14/h1-9,15,21H,10-13H2,(H,20,22). The summed E-state index contributed by atoms with van der Waals surface area (Å²) in [5.41, 5.74) is 1.19. The number of carbonyl (C=O) groups is 1. The fourth-order valence-electron chi connectivity index (χ4n) is 2.46. The van der Waals surface area contributed by atoms with Gasteiger partial charge in [0, 0.05) is 13.2 Å². The van der Waals surface area contributed by atoms with Crippen LogP contribution in [0.5, 0.6) is 0 Å². The molecule has 2 aromatic rings. The van der Waals surface area contributed by atoms with Gasteiger partial charge in [0.15, 0.2) is 0 Å². The zero-order chi connectivity index (χ0) is 15.8. The van der Waals surface area contributed by atoms with E-state index >= 15 is 0 Å². The highest BCUT2D eigenvalue weighted by molar-refractivity contribution is 5.94. The predicted octanol–water partition coefficient (Wildman–Crippen LogP) is 3.11. The second kappa shape index (κ2) is 8.29. The maximum atomic E-state index is 13.5. The quantitative estimate of drug-likeness (QED) is 0.825. The topological polar surface area (TPSA) is 49.3 Å². The number of amides is 1. The maximum absolute atomic E-state index is 13.5. The molecule has 0 aliphatic rings. The van der Waals surface area contributed by atoms with Gasteiger partial charge in [-0.25, -0.2) is 4.39 Å². The Morgan fingerprint density at radius 1 is 1.05 bits per heavy atom. The first-order valence-corrected chi connectivity index (χ1v) is 7.41. The van der Waals surface area contributed by atoms with Gasteiger partial charge < -0.3 is 10.4 Å². The van der Waals surface area contributed by atoms with Gasteiger partial charge in [-0.1, -0.05) is 42.5 Å². The Morgan fingerprint density at radius 3 is 2.41 bits per heavy atom. The molecular weight excluding hydrogens is 281 g/mol. The van der Waals surface area contributed by atoms with Crippen molar-refractivity contribution in [1.29, 1.82) is 0 Å². The van der Waals surface area contributed by atoms with Crippen molar-refractivity contribution in [2.45, 2.75) is 18.8 Å². The molecule has 2 rings (SSSR count). The van der Waals surface area contributed by atoms with Gasteiger partial charge in [-0.05, 0) is 36.5 Å². The summed E-state index contributed by atoms with van der Waals surface area (Å²) in [7, 11) is 0. The van der Waals surface area contributed by atoms with Gasteiger partial charge in [-0.2, -0.15) is 0 Å². The van der Waals surface area contributed by atoms with Gasteiger partial charge in [-0.15, -0.1) is 0 Å². The Balaban J connectivity index is 1.91. The third kappa shape index (κ3) is 4.40. The molecule has 1 amide bonds. The van der Waals surface area contributed by atoms with Crippen LogP contribution in [0.15, 0.2) is 54.6 Å². The summed E-state index contributed by atoms with van der Waals surface area (Å²) < 4.78 is 13.5. The van der Waals surface area contributed by atoms with Crippen LogP contribution in [-0.2, 0) is 0 Å². The highest BCUT2D eigenvalue weighted by Crippen LogP contribution is 2.22. The summed E-state index contributed by atoms with van der Waals surface area (Å²) in [6.45, 7) is 0.535. The van der Waals surface area contributed by atoms with Crippen LogP contribution in [-0.4, -0.2) is 24.2 Å². The lowest BCUT2D eigenvalue weighted by molar-refractivity contribution is 0.0948. The predicted molar refractivity (Wildman–Crippen MR) is 84.2 cm³/mol. The number of benzene rings is 2. The number of carbonyl (C=O) groups excluding carboxylic acids is 1. The van der Waals surface area contributed by atoms with Crippen LogP contribution in [0.25, 0.3) is 0 Å². The molecule has 0 aliphatic carbocycles. The van der Waals surface area contributed by atoms with E-state index in [1.165, 1.54) is 12.1 Å². The summed E-state index contributed by atoms with van der Waals surface area (Å²) in [6, 6.07) is 15.8. The lowest BCUT2D eigenvalue weighted by atomic mass is 9.93. The minimum Gasteiger partial charge on any atom is -0.396 e. The zero-order valence-electron chi connectivity index (χ0n) is 12.3. The van der Waals surface area contributed by atoms with Gasteiger partial charge >= 0.3 is 0 Å². The molecule has 1 unspecified atom stereocenters. The Bertz CT molecular complexity index is 601. The van der Waals surface area contributed by atoms with Crippen molar-refractivity contribution < 1.29 is 14.3 Å². The van der Waals surface area contributed by atoms with Crippen LogP contribution in [0.1, 0.15) is 34.7 Å². The lowest BCUT2D eigenvalue weighted by Crippen LogP contribution is -2.26. The first kappa shape index (κ1) is 16.2. The molecule has 1 atom stereocenters. The summed E-state index contributed by atoms with van der Waals surface area (Å²) >= 11 is 0. The van der Waals surface area contributed by atoms with Crippen molar-refractivity contribution in [1.82, 2.24) is 5.32 Å². The van der Waals surface area contributed by atoms with Gasteiger partial charge in [0.05, 0.1) is 5.56 Å². The van der Waals surface area contributed by atoms with Crippen LogP contribution >= 0.6 is 0 Å². The first-order chi connectivity index (χ1) is 10.7. The van der Waals surface area contributed by atoms with E-state index in [1.807, 2.05) is 30.3 Å². The smallest absolute Gasteiger partial charge is 0.254 e. The van der Waals surface area contributed by atoms with Crippen LogP contribution in [0.2, 0.25) is 0 Å². The normalized spacial score (nSPS) is 11.9. The van der Waals surface area contributed by atoms with E-state index in [9.17, 15) is 14.3 Å². The molecule has 0 spiro atoms. The molecule has 2 aromatic carbocycles. The van der Waals surface area contributed by atoms with Crippen molar-refractivity contribution in [3.63, 3.8) is 0 Å². The number of hydrogen-bond donors (Lipinski definition) is 2. The van der Waals surface area contributed by atoms with Crippen molar-refractivity contribution >= 4 is 5.91 Å². The average molecular weight is 301 g/mol. The Kier molecular flexibility index (Phi) is 6.10. The molecule has 0 bridgehead atoms. The fourth-order valence-corrected chi connectivity index (χ4v) is 2.46. The van der Waals surface area contributed by atoms with Crippen LogP contribution in [0.4, 0.5) is 4.39 Å². The summed E-state index contributed by atoms with van der Waals surface area (Å²) in [6.07, 6.45) is 1.34. The molecule has 0 heterocycles. The van der Waals surface area contributed by atoms with Crippen molar-refractivity contribution in [3.05, 3.63) is 71.5 Å². The first-order valence-electron chi connectivity index (χ1n) is 7.41. The zero-order valence-corrected chi connectivity index (χ0v) is 12.3. The Morgan fingerprint density at radius 2 is 1.73 bits per heavy atom. The number of aliphatic hydroxyl groups excluding tert-OH is 1. The molecule has 0 aliphatic heterocycles. The van der Waals surface area contributed by atoms with E-state index in [1.54, 1.807) is 12.1 Å². The van der Waals surface area contributed by atoms with Crippen LogP contribution in [0.3, 0.4) is 0 Å².